The highest BCUT2D eigenvalue weighted by Gasteiger charge is 2.21. The Bertz CT molecular complexity index is 984. The van der Waals surface area contributed by atoms with E-state index in [0.29, 0.717) is 16.9 Å². The summed E-state index contributed by atoms with van der Waals surface area (Å²) < 4.78 is 0. The molecule has 2 N–H and O–H groups in total. The maximum absolute atomic E-state index is 12.0. The predicted octanol–water partition coefficient (Wildman–Crippen LogP) is 4.38. The molecule has 1 saturated carbocycles. The Labute approximate surface area is 152 Å². The van der Waals surface area contributed by atoms with Gasteiger partial charge < -0.3 is 5.11 Å². The average Bonchev–Trinajstić information content (AvgIpc) is 2.69. The number of aromatic nitrogens is 1. The van der Waals surface area contributed by atoms with Gasteiger partial charge in [0.25, 0.3) is 5.56 Å². The maximum Gasteiger partial charge on any atom is 0.258 e. The lowest BCUT2D eigenvalue weighted by Gasteiger charge is -2.26. The van der Waals surface area contributed by atoms with Crippen LogP contribution < -0.4 is 5.56 Å². The van der Waals surface area contributed by atoms with Crippen molar-refractivity contribution in [3.8, 4) is 5.88 Å². The summed E-state index contributed by atoms with van der Waals surface area (Å²) in [5.74, 6) is 0.500. The molecule has 4 nitrogen and oxygen atoms in total. The van der Waals surface area contributed by atoms with Crippen LogP contribution in [-0.4, -0.2) is 22.3 Å². The molecular weight excluding hydrogens is 324 g/mol. The van der Waals surface area contributed by atoms with Crippen LogP contribution in [0.25, 0.3) is 10.8 Å². The van der Waals surface area contributed by atoms with Crippen LogP contribution in [0.1, 0.15) is 42.7 Å². The van der Waals surface area contributed by atoms with Crippen LogP contribution in [-0.2, 0) is 0 Å². The van der Waals surface area contributed by atoms with Crippen LogP contribution in [0.5, 0.6) is 5.88 Å². The molecule has 0 amide bonds. The van der Waals surface area contributed by atoms with Gasteiger partial charge in [-0.2, -0.15) is 0 Å². The lowest BCUT2D eigenvalue weighted by Crippen LogP contribution is -2.16. The van der Waals surface area contributed by atoms with Crippen molar-refractivity contribution in [2.75, 3.05) is 0 Å². The quantitative estimate of drug-likeness (QED) is 0.691. The van der Waals surface area contributed by atoms with Crippen molar-refractivity contribution in [2.45, 2.75) is 37.6 Å². The van der Waals surface area contributed by atoms with Gasteiger partial charge in [0.05, 0.1) is 5.56 Å². The normalized spacial score (nSPS) is 20.6. The van der Waals surface area contributed by atoms with Crippen molar-refractivity contribution < 1.29 is 5.11 Å². The third-order valence-electron chi connectivity index (χ3n) is 5.33. The largest absolute Gasteiger partial charge is 0.494 e. The molecule has 1 aliphatic rings. The number of aromatic hydroxyl groups is 1. The maximum atomic E-state index is 12.0. The first-order valence-electron chi connectivity index (χ1n) is 9.14. The first kappa shape index (κ1) is 16.6. The third-order valence-corrected chi connectivity index (χ3v) is 5.33. The third kappa shape index (κ3) is 3.27. The summed E-state index contributed by atoms with van der Waals surface area (Å²) in [6, 6.07) is 18.2. The number of H-pyrrole nitrogens is 1. The molecule has 1 heterocycles. The summed E-state index contributed by atoms with van der Waals surface area (Å²) in [5.41, 5.74) is 1.73. The molecule has 3 aromatic rings. The second-order valence-corrected chi connectivity index (χ2v) is 6.96. The zero-order chi connectivity index (χ0) is 17.9. The van der Waals surface area contributed by atoms with Crippen LogP contribution >= 0.6 is 0 Å². The molecular formula is C22H22N2O2. The molecule has 1 aromatic heterocycles. The van der Waals surface area contributed by atoms with Crippen molar-refractivity contribution >= 4 is 17.0 Å². The average molecular weight is 346 g/mol. The number of nitrogens with zero attached hydrogens (tertiary/aromatic N) is 1. The van der Waals surface area contributed by atoms with E-state index < -0.39 is 0 Å². The minimum Gasteiger partial charge on any atom is -0.494 e. The Hall–Kier alpha value is -2.88. The molecule has 4 rings (SSSR count). The van der Waals surface area contributed by atoms with E-state index in [4.69, 9.17) is 4.99 Å². The topological polar surface area (TPSA) is 65.5 Å². The number of aliphatic imine (C=N–C) groups is 1. The van der Waals surface area contributed by atoms with Crippen LogP contribution in [0, 0.1) is 0 Å². The zero-order valence-corrected chi connectivity index (χ0v) is 14.6. The van der Waals surface area contributed by atoms with E-state index in [-0.39, 0.29) is 17.5 Å². The molecule has 0 bridgehead atoms. The van der Waals surface area contributed by atoms with Gasteiger partial charge >= 0.3 is 0 Å². The van der Waals surface area contributed by atoms with Crippen molar-refractivity contribution in [1.29, 1.82) is 0 Å². The first-order chi connectivity index (χ1) is 12.7. The van der Waals surface area contributed by atoms with Crippen LogP contribution in [0.4, 0.5) is 0 Å². The fraction of sp³-hybridized carbons (Fsp3) is 0.273. The Morgan fingerprint density at radius 2 is 1.58 bits per heavy atom. The van der Waals surface area contributed by atoms with Gasteiger partial charge in [0.15, 0.2) is 0 Å². The summed E-state index contributed by atoms with van der Waals surface area (Å²) in [6.07, 6.45) is 6.06. The van der Waals surface area contributed by atoms with E-state index in [1.807, 2.05) is 18.2 Å². The zero-order valence-electron chi connectivity index (χ0n) is 14.6. The molecule has 0 aliphatic heterocycles. The lowest BCUT2D eigenvalue weighted by atomic mass is 9.82. The number of rotatable bonds is 3. The highest BCUT2D eigenvalue weighted by Crippen LogP contribution is 2.34. The van der Waals surface area contributed by atoms with E-state index in [2.05, 4.69) is 35.3 Å². The lowest BCUT2D eigenvalue weighted by molar-refractivity contribution is 0.398. The number of aromatic amines is 1. The number of benzene rings is 2. The Kier molecular flexibility index (Phi) is 4.57. The standard InChI is InChI=1S/C22H22N2O2/c25-21-19-9-5-4-8-18(19)20(22(26)24-21)14-23-17-12-10-16(11-13-17)15-6-2-1-3-7-15/h1-9,14,16-17H,10-13H2,(H2,24,25,26). The predicted molar refractivity (Wildman–Crippen MR) is 105 cm³/mol. The van der Waals surface area contributed by atoms with Crippen molar-refractivity contribution in [3.63, 3.8) is 0 Å². The van der Waals surface area contributed by atoms with E-state index in [0.717, 1.165) is 31.1 Å². The van der Waals surface area contributed by atoms with Gasteiger partial charge in [0, 0.05) is 23.0 Å². The number of fused-ring (bicyclic) bond motifs is 1. The second kappa shape index (κ2) is 7.16. The molecule has 0 radical (unpaired) electrons. The van der Waals surface area contributed by atoms with Gasteiger partial charge in [0.2, 0.25) is 5.88 Å². The minimum absolute atomic E-state index is 0.115. The molecule has 4 heteroatoms. The molecule has 2 aromatic carbocycles. The Morgan fingerprint density at radius 1 is 0.923 bits per heavy atom. The van der Waals surface area contributed by atoms with E-state index in [9.17, 15) is 9.90 Å². The van der Waals surface area contributed by atoms with Crippen LogP contribution in [0.3, 0.4) is 0 Å². The van der Waals surface area contributed by atoms with Gasteiger partial charge in [0.1, 0.15) is 0 Å². The van der Waals surface area contributed by atoms with Gasteiger partial charge in [-0.15, -0.1) is 0 Å². The molecule has 1 fully saturated rings. The van der Waals surface area contributed by atoms with Crippen molar-refractivity contribution in [3.05, 3.63) is 76.1 Å². The Balaban J connectivity index is 1.52. The van der Waals surface area contributed by atoms with Crippen molar-refractivity contribution in [2.24, 2.45) is 4.99 Å². The summed E-state index contributed by atoms with van der Waals surface area (Å²) in [6.45, 7) is 0. The highest BCUT2D eigenvalue weighted by atomic mass is 16.3. The van der Waals surface area contributed by atoms with E-state index in [1.54, 1.807) is 12.3 Å². The van der Waals surface area contributed by atoms with Crippen molar-refractivity contribution in [1.82, 2.24) is 4.98 Å². The summed E-state index contributed by atoms with van der Waals surface area (Å²) in [5, 5.41) is 11.5. The SMILES string of the molecule is O=c1[nH]c(O)c(C=NC2CCC(c3ccccc3)CC2)c2ccccc12. The fourth-order valence-electron chi connectivity index (χ4n) is 3.88. The number of pyridine rings is 1. The number of nitrogens with one attached hydrogen (secondary N) is 1. The van der Waals surface area contributed by atoms with E-state index >= 15 is 0 Å². The smallest absolute Gasteiger partial charge is 0.258 e. The molecule has 0 unspecified atom stereocenters. The minimum atomic E-state index is -0.279. The number of hydrogen-bond acceptors (Lipinski definition) is 3. The molecule has 0 spiro atoms. The van der Waals surface area contributed by atoms with Gasteiger partial charge in [-0.05, 0) is 43.2 Å². The molecule has 1 aliphatic carbocycles. The van der Waals surface area contributed by atoms with Gasteiger partial charge in [-0.25, -0.2) is 0 Å². The van der Waals surface area contributed by atoms with Gasteiger partial charge in [-0.3, -0.25) is 14.8 Å². The molecule has 132 valence electrons. The summed E-state index contributed by atoms with van der Waals surface area (Å²) in [7, 11) is 0. The summed E-state index contributed by atoms with van der Waals surface area (Å²) in [4.78, 5) is 19.2. The monoisotopic (exact) mass is 346 g/mol. The molecule has 0 saturated heterocycles. The van der Waals surface area contributed by atoms with Crippen LogP contribution in [0.15, 0.2) is 64.4 Å². The second-order valence-electron chi connectivity index (χ2n) is 6.96. The Morgan fingerprint density at radius 3 is 2.31 bits per heavy atom. The van der Waals surface area contributed by atoms with Crippen LogP contribution in [0.2, 0.25) is 0 Å². The molecule has 0 atom stereocenters. The van der Waals surface area contributed by atoms with Gasteiger partial charge in [-0.1, -0.05) is 48.5 Å². The number of hydrogen-bond donors (Lipinski definition) is 2. The summed E-state index contributed by atoms with van der Waals surface area (Å²) >= 11 is 0. The first-order valence-corrected chi connectivity index (χ1v) is 9.14. The highest BCUT2D eigenvalue weighted by molar-refractivity contribution is 6.01. The fourth-order valence-corrected chi connectivity index (χ4v) is 3.88. The van der Waals surface area contributed by atoms with E-state index in [1.165, 1.54) is 5.56 Å². The molecule has 26 heavy (non-hydrogen) atoms.